The molecule has 10 nitrogen and oxygen atoms in total. The number of rotatable bonds is 2. The van der Waals surface area contributed by atoms with Gasteiger partial charge in [0.2, 0.25) is 0 Å². The third kappa shape index (κ3) is 3.35. The molecule has 156 valence electrons. The number of nitrogens with zero attached hydrogens (tertiary/aromatic N) is 5. The summed E-state index contributed by atoms with van der Waals surface area (Å²) in [6.45, 7) is 1.55. The summed E-state index contributed by atoms with van der Waals surface area (Å²) in [6, 6.07) is 3.47. The zero-order valence-corrected chi connectivity index (χ0v) is 16.7. The third-order valence-electron chi connectivity index (χ3n) is 5.55. The van der Waals surface area contributed by atoms with E-state index in [1.54, 1.807) is 23.0 Å². The number of aromatic amines is 1. The number of likely N-dealkylation sites (tertiary alicyclic amines) is 1. The molecule has 2 amide bonds. The fraction of sp³-hybridized carbons (Fsp3) is 0.350. The van der Waals surface area contributed by atoms with Crippen molar-refractivity contribution < 1.29 is 19.5 Å². The highest BCUT2D eigenvalue weighted by molar-refractivity contribution is 6.23. The molecule has 0 atom stereocenters. The quantitative estimate of drug-likeness (QED) is 0.483. The summed E-state index contributed by atoms with van der Waals surface area (Å²) in [5.74, 6) is 0.287. The lowest BCUT2D eigenvalue weighted by Crippen LogP contribution is -2.46. The van der Waals surface area contributed by atoms with Gasteiger partial charge in [0.1, 0.15) is 5.82 Å². The lowest BCUT2D eigenvalue weighted by molar-refractivity contribution is -0.122. The highest BCUT2D eigenvalue weighted by atomic mass is 16.3. The van der Waals surface area contributed by atoms with Crippen LogP contribution in [0.5, 0.6) is 0 Å². The predicted octanol–water partition coefficient (Wildman–Crippen LogP) is 1.35. The Morgan fingerprint density at radius 1 is 1.13 bits per heavy atom. The molecule has 0 aliphatic carbocycles. The summed E-state index contributed by atoms with van der Waals surface area (Å²) in [7, 11) is 3.91. The van der Waals surface area contributed by atoms with Gasteiger partial charge in [-0.2, -0.15) is 5.10 Å². The Balaban J connectivity index is 0.000000687. The van der Waals surface area contributed by atoms with Crippen molar-refractivity contribution in [1.29, 1.82) is 0 Å². The van der Waals surface area contributed by atoms with Crippen molar-refractivity contribution in [3.8, 4) is 11.4 Å². The molecule has 10 heteroatoms. The summed E-state index contributed by atoms with van der Waals surface area (Å²) in [5.41, 5.74) is 3.21. The number of imidazole rings is 1. The lowest BCUT2D eigenvalue weighted by atomic mass is 10.0. The van der Waals surface area contributed by atoms with Crippen LogP contribution in [0.4, 0.5) is 0 Å². The van der Waals surface area contributed by atoms with Crippen LogP contribution in [0.3, 0.4) is 0 Å². The van der Waals surface area contributed by atoms with Gasteiger partial charge in [-0.3, -0.25) is 24.0 Å². The van der Waals surface area contributed by atoms with Gasteiger partial charge in [-0.25, -0.2) is 4.98 Å². The smallest absolute Gasteiger partial charge is 0.290 e. The number of H-pyrrole nitrogens is 1. The molecule has 0 unspecified atom stereocenters. The van der Waals surface area contributed by atoms with Gasteiger partial charge in [0.05, 0.1) is 33.9 Å². The fourth-order valence-electron chi connectivity index (χ4n) is 4.03. The van der Waals surface area contributed by atoms with Gasteiger partial charge in [0, 0.05) is 19.3 Å². The number of carboxylic acid groups (broad SMARTS) is 1. The standard InChI is InChI=1S/C19H20N6O2.CH2O2/c1-23-5-3-12(4-6-23)25-18(26)13-7-15-16(8-14(13)19(25)27)22-17(21-15)11-9-20-24(2)10-11;2-1-3/h7-10,12H,3-6H2,1-2H3,(H,21,22);1H,(H,2,3). The molecule has 2 aliphatic rings. The molecule has 0 spiro atoms. The van der Waals surface area contributed by atoms with E-state index >= 15 is 0 Å². The van der Waals surface area contributed by atoms with Crippen LogP contribution in [0.15, 0.2) is 24.5 Å². The van der Waals surface area contributed by atoms with Crippen LogP contribution in [-0.4, -0.2) is 79.1 Å². The van der Waals surface area contributed by atoms with Crippen LogP contribution in [0.25, 0.3) is 22.4 Å². The number of hydrogen-bond donors (Lipinski definition) is 2. The van der Waals surface area contributed by atoms with Crippen LogP contribution in [0, 0.1) is 0 Å². The minimum Gasteiger partial charge on any atom is -0.483 e. The molecule has 2 aromatic heterocycles. The topological polar surface area (TPSA) is 124 Å². The highest BCUT2D eigenvalue weighted by Gasteiger charge is 2.41. The maximum absolute atomic E-state index is 13.0. The Morgan fingerprint density at radius 3 is 2.37 bits per heavy atom. The van der Waals surface area contributed by atoms with E-state index in [-0.39, 0.29) is 24.3 Å². The van der Waals surface area contributed by atoms with Crippen molar-refractivity contribution in [2.45, 2.75) is 18.9 Å². The minimum atomic E-state index is -0.250. The van der Waals surface area contributed by atoms with Crippen LogP contribution in [0.1, 0.15) is 33.6 Å². The summed E-state index contributed by atoms with van der Waals surface area (Å²) in [6.07, 6.45) is 5.24. The number of amides is 2. The largest absolute Gasteiger partial charge is 0.483 e. The Morgan fingerprint density at radius 2 is 1.77 bits per heavy atom. The average Bonchev–Trinajstić information content (AvgIpc) is 3.39. The van der Waals surface area contributed by atoms with Gasteiger partial charge in [-0.1, -0.05) is 0 Å². The maximum Gasteiger partial charge on any atom is 0.290 e. The van der Waals surface area contributed by atoms with Crippen molar-refractivity contribution in [2.75, 3.05) is 20.1 Å². The first-order valence-corrected chi connectivity index (χ1v) is 9.60. The van der Waals surface area contributed by atoms with E-state index < -0.39 is 0 Å². The first kappa shape index (κ1) is 19.8. The molecule has 3 aromatic rings. The highest BCUT2D eigenvalue weighted by Crippen LogP contribution is 2.32. The molecule has 5 rings (SSSR count). The third-order valence-corrected chi connectivity index (χ3v) is 5.55. The number of carbonyl (C=O) groups is 3. The van der Waals surface area contributed by atoms with E-state index in [4.69, 9.17) is 9.90 Å². The van der Waals surface area contributed by atoms with E-state index in [0.29, 0.717) is 22.5 Å². The number of aromatic nitrogens is 4. The number of imide groups is 1. The van der Waals surface area contributed by atoms with E-state index in [1.165, 1.54) is 4.90 Å². The first-order chi connectivity index (χ1) is 14.4. The number of piperidine rings is 1. The Bertz CT molecular complexity index is 1070. The minimum absolute atomic E-state index is 0.0224. The van der Waals surface area contributed by atoms with Gasteiger partial charge in [0.15, 0.2) is 0 Å². The van der Waals surface area contributed by atoms with Crippen molar-refractivity contribution >= 4 is 29.3 Å². The number of nitrogens with one attached hydrogen (secondary N) is 1. The number of benzene rings is 1. The second-order valence-corrected chi connectivity index (χ2v) is 7.52. The Hall–Kier alpha value is -3.53. The van der Waals surface area contributed by atoms with E-state index in [1.807, 2.05) is 13.2 Å². The Kier molecular flexibility index (Phi) is 5.08. The van der Waals surface area contributed by atoms with Gasteiger partial charge in [-0.05, 0) is 45.1 Å². The van der Waals surface area contributed by atoms with E-state index in [0.717, 1.165) is 37.0 Å². The second kappa shape index (κ2) is 7.71. The van der Waals surface area contributed by atoms with Crippen molar-refractivity contribution in [2.24, 2.45) is 7.05 Å². The first-order valence-electron chi connectivity index (χ1n) is 9.60. The molecule has 0 bridgehead atoms. The number of fused-ring (bicyclic) bond motifs is 2. The summed E-state index contributed by atoms with van der Waals surface area (Å²) >= 11 is 0. The van der Waals surface area contributed by atoms with Gasteiger partial charge < -0.3 is 15.0 Å². The zero-order chi connectivity index (χ0) is 21.4. The number of aryl methyl sites for hydroxylation is 1. The molecule has 1 saturated heterocycles. The number of carbonyl (C=O) groups excluding carboxylic acids is 2. The molecule has 4 heterocycles. The molecule has 2 aliphatic heterocycles. The van der Waals surface area contributed by atoms with Crippen LogP contribution in [0.2, 0.25) is 0 Å². The second-order valence-electron chi connectivity index (χ2n) is 7.52. The van der Waals surface area contributed by atoms with E-state index in [9.17, 15) is 9.59 Å². The SMILES string of the molecule is CN1CCC(N2C(=O)c3cc4nc(-c5cnn(C)c5)[nH]c4cc3C2=O)CC1.O=CO. The molecule has 30 heavy (non-hydrogen) atoms. The molecule has 1 fully saturated rings. The molecule has 0 radical (unpaired) electrons. The monoisotopic (exact) mass is 410 g/mol. The summed E-state index contributed by atoms with van der Waals surface area (Å²) in [4.78, 5) is 45.8. The molecule has 2 N–H and O–H groups in total. The van der Waals surface area contributed by atoms with Crippen LogP contribution >= 0.6 is 0 Å². The van der Waals surface area contributed by atoms with Crippen LogP contribution in [-0.2, 0) is 11.8 Å². The molecular formula is C20H22N6O4. The predicted molar refractivity (Wildman–Crippen MR) is 108 cm³/mol. The molecule has 0 saturated carbocycles. The van der Waals surface area contributed by atoms with Gasteiger partial charge in [-0.15, -0.1) is 0 Å². The molecule has 1 aromatic carbocycles. The van der Waals surface area contributed by atoms with E-state index in [2.05, 4.69) is 27.0 Å². The molecular weight excluding hydrogens is 388 g/mol. The van der Waals surface area contributed by atoms with Gasteiger partial charge in [0.25, 0.3) is 18.3 Å². The maximum atomic E-state index is 13.0. The summed E-state index contributed by atoms with van der Waals surface area (Å²) < 4.78 is 1.70. The zero-order valence-electron chi connectivity index (χ0n) is 16.7. The normalized spacial score (nSPS) is 17.2. The average molecular weight is 410 g/mol. The van der Waals surface area contributed by atoms with Crippen molar-refractivity contribution in [3.63, 3.8) is 0 Å². The number of hydrogen-bond acceptors (Lipinski definition) is 6. The fourth-order valence-corrected chi connectivity index (χ4v) is 4.03. The summed E-state index contributed by atoms with van der Waals surface area (Å²) in [5, 5.41) is 11.0. The lowest BCUT2D eigenvalue weighted by Gasteiger charge is -2.33. The van der Waals surface area contributed by atoms with Gasteiger partial charge >= 0.3 is 0 Å². The Labute approximate surface area is 172 Å². The van der Waals surface area contributed by atoms with Crippen molar-refractivity contribution in [3.05, 3.63) is 35.7 Å². The van der Waals surface area contributed by atoms with Crippen molar-refractivity contribution in [1.82, 2.24) is 29.5 Å². The van der Waals surface area contributed by atoms with Crippen LogP contribution < -0.4 is 0 Å².